The van der Waals surface area contributed by atoms with Crippen LogP contribution >= 0.6 is 11.6 Å². The van der Waals surface area contributed by atoms with E-state index in [1.165, 1.54) is 29.6 Å². The third-order valence-electron chi connectivity index (χ3n) is 3.04. The Morgan fingerprint density at radius 1 is 1.38 bits per heavy atom. The molecule has 2 N–H and O–H groups in total. The second-order valence-corrected chi connectivity index (χ2v) is 6.52. The molecule has 21 heavy (non-hydrogen) atoms. The lowest BCUT2D eigenvalue weighted by Gasteiger charge is -2.27. The second-order valence-electron chi connectivity index (χ2n) is 4.44. The molecule has 0 aromatic heterocycles. The number of methoxy groups -OCH3 is 1. The fourth-order valence-corrected chi connectivity index (χ4v) is 3.40. The number of nitrogens with one attached hydrogen (secondary N) is 2. The van der Waals surface area contributed by atoms with E-state index < -0.39 is 16.2 Å². The fraction of sp³-hybridized carbons (Fsp3) is 0.417. The van der Waals surface area contributed by atoms with Gasteiger partial charge < -0.3 is 10.1 Å². The summed E-state index contributed by atoms with van der Waals surface area (Å²) in [5, 5.41) is 3.28. The van der Waals surface area contributed by atoms with Crippen LogP contribution in [0, 0.1) is 0 Å². The highest BCUT2D eigenvalue weighted by Gasteiger charge is 2.24. The first-order valence-electron chi connectivity index (χ1n) is 6.30. The van der Waals surface area contributed by atoms with Crippen LogP contribution in [-0.4, -0.2) is 52.0 Å². The predicted molar refractivity (Wildman–Crippen MR) is 79.8 cm³/mol. The minimum Gasteiger partial charge on any atom is -0.465 e. The van der Waals surface area contributed by atoms with Crippen LogP contribution in [0.25, 0.3) is 0 Å². The zero-order valence-electron chi connectivity index (χ0n) is 11.4. The van der Waals surface area contributed by atoms with Crippen molar-refractivity contribution in [3.63, 3.8) is 0 Å². The van der Waals surface area contributed by atoms with E-state index in [1.54, 1.807) is 0 Å². The van der Waals surface area contributed by atoms with E-state index in [9.17, 15) is 13.2 Å². The zero-order valence-corrected chi connectivity index (χ0v) is 13.0. The molecular weight excluding hydrogens is 318 g/mol. The highest BCUT2D eigenvalue weighted by atomic mass is 35.5. The number of nitrogens with zero attached hydrogens (tertiary/aromatic N) is 1. The summed E-state index contributed by atoms with van der Waals surface area (Å²) in [6.45, 7) is 1.95. The molecule has 0 bridgehead atoms. The first kappa shape index (κ1) is 16.0. The van der Waals surface area contributed by atoms with Gasteiger partial charge in [0, 0.05) is 26.2 Å². The monoisotopic (exact) mass is 333 g/mol. The van der Waals surface area contributed by atoms with Gasteiger partial charge in [0.2, 0.25) is 0 Å². The lowest BCUT2D eigenvalue weighted by atomic mass is 10.2. The highest BCUT2D eigenvalue weighted by Crippen LogP contribution is 2.25. The Kier molecular flexibility index (Phi) is 5.04. The van der Waals surface area contributed by atoms with E-state index in [1.807, 2.05) is 0 Å². The van der Waals surface area contributed by atoms with Gasteiger partial charge in [0.25, 0.3) is 0 Å². The molecule has 0 aliphatic carbocycles. The molecular formula is C12H16ClN3O4S. The fourth-order valence-electron chi connectivity index (χ4n) is 1.94. The third-order valence-corrected chi connectivity index (χ3v) is 4.89. The van der Waals surface area contributed by atoms with Gasteiger partial charge in [0.15, 0.2) is 0 Å². The maximum Gasteiger partial charge on any atom is 0.337 e. The van der Waals surface area contributed by atoms with Gasteiger partial charge in [0.1, 0.15) is 0 Å². The van der Waals surface area contributed by atoms with Crippen LogP contribution in [0.4, 0.5) is 5.69 Å². The van der Waals surface area contributed by atoms with Crippen LogP contribution < -0.4 is 10.0 Å². The quantitative estimate of drug-likeness (QED) is 0.791. The number of esters is 1. The first-order valence-corrected chi connectivity index (χ1v) is 8.12. The number of piperazine rings is 1. The van der Waals surface area contributed by atoms with E-state index in [2.05, 4.69) is 14.8 Å². The molecule has 1 aliphatic heterocycles. The first-order chi connectivity index (χ1) is 9.94. The van der Waals surface area contributed by atoms with Gasteiger partial charge in [-0.1, -0.05) is 11.6 Å². The summed E-state index contributed by atoms with van der Waals surface area (Å²) in [5.74, 6) is -0.561. The topological polar surface area (TPSA) is 87.7 Å². The van der Waals surface area contributed by atoms with Crippen molar-refractivity contribution in [2.45, 2.75) is 0 Å². The number of ether oxygens (including phenoxy) is 1. The van der Waals surface area contributed by atoms with Crippen LogP contribution in [-0.2, 0) is 14.9 Å². The minimum absolute atomic E-state index is 0.151. The molecule has 0 unspecified atom stereocenters. The molecule has 1 heterocycles. The van der Waals surface area contributed by atoms with Crippen LogP contribution in [0.5, 0.6) is 0 Å². The Labute approximate surface area is 128 Å². The van der Waals surface area contributed by atoms with E-state index in [-0.39, 0.29) is 16.3 Å². The molecule has 0 amide bonds. The molecule has 0 spiro atoms. The maximum absolute atomic E-state index is 12.3. The van der Waals surface area contributed by atoms with Crippen molar-refractivity contribution in [2.24, 2.45) is 0 Å². The van der Waals surface area contributed by atoms with Gasteiger partial charge in [-0.2, -0.15) is 12.7 Å². The predicted octanol–water partition coefficient (Wildman–Crippen LogP) is 0.688. The molecule has 0 saturated carbocycles. The molecule has 2 rings (SSSR count). The number of anilines is 1. The summed E-state index contributed by atoms with van der Waals surface area (Å²) in [7, 11) is -2.45. The van der Waals surface area contributed by atoms with Gasteiger partial charge in [-0.15, -0.1) is 0 Å². The summed E-state index contributed by atoms with van der Waals surface area (Å²) >= 11 is 5.98. The van der Waals surface area contributed by atoms with Gasteiger partial charge in [-0.05, 0) is 18.2 Å². The van der Waals surface area contributed by atoms with Crippen LogP contribution in [0.15, 0.2) is 18.2 Å². The Morgan fingerprint density at radius 3 is 2.67 bits per heavy atom. The average molecular weight is 334 g/mol. The number of rotatable bonds is 4. The minimum atomic E-state index is -3.70. The Balaban J connectivity index is 2.23. The second kappa shape index (κ2) is 6.61. The Hall–Kier alpha value is -1.35. The Bertz CT molecular complexity index is 629. The van der Waals surface area contributed by atoms with Gasteiger partial charge in [0.05, 0.1) is 23.4 Å². The van der Waals surface area contributed by atoms with Crippen LogP contribution in [0.1, 0.15) is 10.4 Å². The lowest BCUT2D eigenvalue weighted by molar-refractivity contribution is 0.0601. The number of carbonyl (C=O) groups is 1. The van der Waals surface area contributed by atoms with Crippen molar-refractivity contribution in [1.82, 2.24) is 9.62 Å². The number of hydrogen-bond donors (Lipinski definition) is 2. The smallest absolute Gasteiger partial charge is 0.337 e. The van der Waals surface area contributed by atoms with E-state index in [0.717, 1.165) is 0 Å². The van der Waals surface area contributed by atoms with Crippen molar-refractivity contribution < 1.29 is 17.9 Å². The van der Waals surface area contributed by atoms with Crippen molar-refractivity contribution in [3.05, 3.63) is 28.8 Å². The van der Waals surface area contributed by atoms with E-state index in [0.29, 0.717) is 26.2 Å². The molecule has 1 aromatic carbocycles. The summed E-state index contributed by atoms with van der Waals surface area (Å²) in [5.41, 5.74) is 0.373. The standard InChI is InChI=1S/C12H16ClN3O4S/c1-20-12(17)9-2-3-10(13)11(8-9)15-21(18,19)16-6-4-14-5-7-16/h2-3,8,14-15H,4-7H2,1H3. The molecule has 1 saturated heterocycles. The van der Waals surface area contributed by atoms with Crippen molar-refractivity contribution in [2.75, 3.05) is 38.0 Å². The maximum atomic E-state index is 12.3. The SMILES string of the molecule is COC(=O)c1ccc(Cl)c(NS(=O)(=O)N2CCNCC2)c1. The normalized spacial score (nSPS) is 16.5. The molecule has 1 fully saturated rings. The molecule has 1 aromatic rings. The van der Waals surface area contributed by atoms with E-state index in [4.69, 9.17) is 11.6 Å². The van der Waals surface area contributed by atoms with Gasteiger partial charge >= 0.3 is 16.2 Å². The molecule has 116 valence electrons. The summed E-state index contributed by atoms with van der Waals surface area (Å²) < 4.78 is 32.9. The largest absolute Gasteiger partial charge is 0.465 e. The average Bonchev–Trinajstić information content (AvgIpc) is 2.49. The third kappa shape index (κ3) is 3.85. The van der Waals surface area contributed by atoms with Crippen LogP contribution in [0.3, 0.4) is 0 Å². The highest BCUT2D eigenvalue weighted by molar-refractivity contribution is 7.90. The summed E-state index contributed by atoms with van der Waals surface area (Å²) in [6.07, 6.45) is 0. The number of halogens is 1. The van der Waals surface area contributed by atoms with E-state index >= 15 is 0 Å². The number of carbonyl (C=O) groups excluding carboxylic acids is 1. The van der Waals surface area contributed by atoms with Crippen molar-refractivity contribution >= 4 is 33.5 Å². The number of hydrogen-bond acceptors (Lipinski definition) is 5. The summed E-state index contributed by atoms with van der Waals surface area (Å²) in [6, 6.07) is 4.27. The molecule has 9 heteroatoms. The lowest BCUT2D eigenvalue weighted by Crippen LogP contribution is -2.48. The molecule has 0 atom stereocenters. The van der Waals surface area contributed by atoms with Gasteiger partial charge in [-0.25, -0.2) is 4.79 Å². The summed E-state index contributed by atoms with van der Waals surface area (Å²) in [4.78, 5) is 11.5. The molecule has 0 radical (unpaired) electrons. The number of benzene rings is 1. The van der Waals surface area contributed by atoms with Crippen LogP contribution in [0.2, 0.25) is 5.02 Å². The van der Waals surface area contributed by atoms with Crippen molar-refractivity contribution in [1.29, 1.82) is 0 Å². The zero-order chi connectivity index (χ0) is 15.5. The molecule has 1 aliphatic rings. The van der Waals surface area contributed by atoms with Gasteiger partial charge in [-0.3, -0.25) is 4.72 Å². The molecule has 7 nitrogen and oxygen atoms in total. The Morgan fingerprint density at radius 2 is 2.05 bits per heavy atom. The van der Waals surface area contributed by atoms with Crippen molar-refractivity contribution in [3.8, 4) is 0 Å².